The molecule has 0 aliphatic rings. The zero-order valence-corrected chi connectivity index (χ0v) is 11.8. The molecule has 0 fully saturated rings. The number of aliphatic hydroxyl groups excluding tert-OH is 1. The van der Waals surface area contributed by atoms with Crippen LogP contribution in [-0.4, -0.2) is 10.1 Å². The van der Waals surface area contributed by atoms with Crippen LogP contribution >= 0.6 is 27.5 Å². The summed E-state index contributed by atoms with van der Waals surface area (Å²) in [5.41, 5.74) is 1.68. The third-order valence-electron chi connectivity index (χ3n) is 2.31. The summed E-state index contributed by atoms with van der Waals surface area (Å²) in [5.74, 6) is 0.369. The smallest absolute Gasteiger partial charge is 0.232 e. The Bertz CT molecular complexity index is 548. The van der Waals surface area contributed by atoms with Crippen LogP contribution in [0, 0.1) is 0 Å². The summed E-state index contributed by atoms with van der Waals surface area (Å²) in [4.78, 5) is 4.06. The summed E-state index contributed by atoms with van der Waals surface area (Å²) in [6.45, 7) is 0.309. The Morgan fingerprint density at radius 1 is 1.28 bits per heavy atom. The largest absolute Gasteiger partial charge is 0.472 e. The Hall–Kier alpha value is -1.10. The summed E-state index contributed by atoms with van der Waals surface area (Å²) in [6.07, 6.45) is 1.54. The average Bonchev–Trinajstić information content (AvgIpc) is 2.37. The van der Waals surface area contributed by atoms with Crippen molar-refractivity contribution in [2.24, 2.45) is 0 Å². The van der Waals surface area contributed by atoms with Gasteiger partial charge in [0.05, 0.1) is 6.61 Å². The van der Waals surface area contributed by atoms with Crippen LogP contribution in [0.5, 0.6) is 5.88 Å². The summed E-state index contributed by atoms with van der Waals surface area (Å²) >= 11 is 9.39. The molecule has 0 spiro atoms. The highest BCUT2D eigenvalue weighted by Gasteiger charge is 2.05. The molecule has 1 aromatic heterocycles. The average molecular weight is 329 g/mol. The van der Waals surface area contributed by atoms with Gasteiger partial charge in [0, 0.05) is 10.7 Å². The van der Waals surface area contributed by atoms with Gasteiger partial charge in [-0.3, -0.25) is 0 Å². The van der Waals surface area contributed by atoms with Crippen molar-refractivity contribution in [3.8, 4) is 5.88 Å². The lowest BCUT2D eigenvalue weighted by molar-refractivity contribution is 0.278. The van der Waals surface area contributed by atoms with Crippen molar-refractivity contribution in [3.63, 3.8) is 0 Å². The minimum Gasteiger partial charge on any atom is -0.472 e. The third-order valence-corrected chi connectivity index (χ3v) is 3.08. The van der Waals surface area contributed by atoms with Crippen LogP contribution < -0.4 is 4.74 Å². The van der Waals surface area contributed by atoms with Crippen LogP contribution in [0.15, 0.2) is 41.0 Å². The third kappa shape index (κ3) is 3.45. The van der Waals surface area contributed by atoms with E-state index < -0.39 is 0 Å². The Morgan fingerprint density at radius 2 is 2.11 bits per heavy atom. The van der Waals surface area contributed by atoms with Crippen molar-refractivity contribution in [3.05, 3.63) is 57.2 Å². The van der Waals surface area contributed by atoms with E-state index in [9.17, 15) is 0 Å². The molecule has 0 aliphatic carbocycles. The van der Waals surface area contributed by atoms with Gasteiger partial charge in [-0.2, -0.15) is 0 Å². The first-order chi connectivity index (χ1) is 8.69. The molecule has 0 unspecified atom stereocenters. The predicted molar refractivity (Wildman–Crippen MR) is 73.6 cm³/mol. The van der Waals surface area contributed by atoms with Crippen LogP contribution in [0.3, 0.4) is 0 Å². The number of hydrogen-bond donors (Lipinski definition) is 1. The normalized spacial score (nSPS) is 10.4. The van der Waals surface area contributed by atoms with E-state index in [-0.39, 0.29) is 6.61 Å². The van der Waals surface area contributed by atoms with Gasteiger partial charge in [-0.05, 0) is 29.3 Å². The maximum absolute atomic E-state index is 8.95. The summed E-state index contributed by atoms with van der Waals surface area (Å²) in [6, 6.07) is 9.46. The van der Waals surface area contributed by atoms with E-state index in [4.69, 9.17) is 21.4 Å². The molecule has 0 saturated heterocycles. The molecule has 94 valence electrons. The Balaban J connectivity index is 2.06. The van der Waals surface area contributed by atoms with Gasteiger partial charge in [0.15, 0.2) is 0 Å². The summed E-state index contributed by atoms with van der Waals surface area (Å²) in [5, 5.41) is 9.35. The maximum atomic E-state index is 8.95. The van der Waals surface area contributed by atoms with Gasteiger partial charge in [0.25, 0.3) is 0 Å². The van der Waals surface area contributed by atoms with Crippen molar-refractivity contribution >= 4 is 27.5 Å². The van der Waals surface area contributed by atoms with E-state index in [1.54, 1.807) is 12.3 Å². The summed E-state index contributed by atoms with van der Waals surface area (Å²) < 4.78 is 6.53. The molecule has 3 nitrogen and oxygen atoms in total. The Kier molecular flexibility index (Phi) is 4.58. The molecule has 1 aromatic carbocycles. The fraction of sp³-hybridized carbons (Fsp3) is 0.154. The zero-order chi connectivity index (χ0) is 13.0. The maximum Gasteiger partial charge on any atom is 0.232 e. The van der Waals surface area contributed by atoms with Crippen LogP contribution in [-0.2, 0) is 13.2 Å². The van der Waals surface area contributed by atoms with Crippen LogP contribution in [0.2, 0.25) is 5.02 Å². The van der Waals surface area contributed by atoms with Gasteiger partial charge in [0.2, 0.25) is 5.88 Å². The first kappa shape index (κ1) is 13.3. The van der Waals surface area contributed by atoms with Crippen LogP contribution in [0.4, 0.5) is 0 Å². The van der Waals surface area contributed by atoms with Gasteiger partial charge in [-0.25, -0.2) is 4.98 Å². The molecule has 0 bridgehead atoms. The van der Waals surface area contributed by atoms with Crippen molar-refractivity contribution in [1.29, 1.82) is 0 Å². The minimum atomic E-state index is -0.0847. The second-order valence-corrected chi connectivity index (χ2v) is 5.03. The number of aliphatic hydroxyl groups is 1. The van der Waals surface area contributed by atoms with Crippen LogP contribution in [0.25, 0.3) is 0 Å². The lowest BCUT2D eigenvalue weighted by atomic mass is 10.2. The Labute approximate surface area is 119 Å². The molecule has 1 heterocycles. The number of pyridine rings is 1. The van der Waals surface area contributed by atoms with Gasteiger partial charge >= 0.3 is 0 Å². The van der Waals surface area contributed by atoms with E-state index in [1.807, 2.05) is 24.3 Å². The molecule has 0 saturated carbocycles. The number of hydrogen-bond acceptors (Lipinski definition) is 3. The molecule has 0 radical (unpaired) electrons. The molecule has 0 aliphatic heterocycles. The van der Waals surface area contributed by atoms with Crippen LogP contribution in [0.1, 0.15) is 11.1 Å². The lowest BCUT2D eigenvalue weighted by Gasteiger charge is -2.08. The highest BCUT2D eigenvalue weighted by atomic mass is 79.9. The predicted octanol–water partition coefficient (Wildman–Crippen LogP) is 3.57. The molecule has 2 aromatic rings. The van der Waals surface area contributed by atoms with Crippen molar-refractivity contribution in [2.75, 3.05) is 0 Å². The van der Waals surface area contributed by atoms with E-state index in [0.29, 0.717) is 23.1 Å². The van der Waals surface area contributed by atoms with E-state index >= 15 is 0 Å². The highest BCUT2D eigenvalue weighted by molar-refractivity contribution is 9.10. The quantitative estimate of drug-likeness (QED) is 0.933. The molecule has 0 atom stereocenters. The first-order valence-corrected chi connectivity index (χ1v) is 6.48. The number of ether oxygens (including phenoxy) is 1. The number of nitrogens with zero attached hydrogens (tertiary/aromatic N) is 1. The molecular formula is C13H11BrClNO2. The summed E-state index contributed by atoms with van der Waals surface area (Å²) in [7, 11) is 0. The van der Waals surface area contributed by atoms with Gasteiger partial charge in [-0.15, -0.1) is 0 Å². The van der Waals surface area contributed by atoms with Gasteiger partial charge in [-0.1, -0.05) is 39.7 Å². The topological polar surface area (TPSA) is 42.4 Å². The molecular weight excluding hydrogens is 318 g/mol. The second kappa shape index (κ2) is 6.18. The molecule has 5 heteroatoms. The second-order valence-electron chi connectivity index (χ2n) is 3.71. The fourth-order valence-electron chi connectivity index (χ4n) is 1.44. The highest BCUT2D eigenvalue weighted by Crippen LogP contribution is 2.23. The SMILES string of the molecule is OCc1cnc(OCc2cccc(Br)c2)c(Cl)c1. The molecule has 2 rings (SSSR count). The van der Waals surface area contributed by atoms with Gasteiger partial charge in [0.1, 0.15) is 11.6 Å². The fourth-order valence-corrected chi connectivity index (χ4v) is 2.13. The zero-order valence-electron chi connectivity index (χ0n) is 9.44. The van der Waals surface area contributed by atoms with E-state index in [2.05, 4.69) is 20.9 Å². The molecule has 1 N–H and O–H groups in total. The monoisotopic (exact) mass is 327 g/mol. The van der Waals surface area contributed by atoms with Gasteiger partial charge < -0.3 is 9.84 Å². The van der Waals surface area contributed by atoms with Crippen molar-refractivity contribution in [2.45, 2.75) is 13.2 Å². The molecule has 18 heavy (non-hydrogen) atoms. The first-order valence-electron chi connectivity index (χ1n) is 5.31. The van der Waals surface area contributed by atoms with Crippen molar-refractivity contribution < 1.29 is 9.84 Å². The standard InChI is InChI=1S/C13H11BrClNO2/c14-11-3-1-2-9(4-11)8-18-13-12(15)5-10(7-17)6-16-13/h1-6,17H,7-8H2. The Morgan fingerprint density at radius 3 is 2.78 bits per heavy atom. The number of rotatable bonds is 4. The number of halogens is 2. The van der Waals surface area contributed by atoms with E-state index in [1.165, 1.54) is 0 Å². The minimum absolute atomic E-state index is 0.0847. The molecule has 0 amide bonds. The number of benzene rings is 1. The van der Waals surface area contributed by atoms with E-state index in [0.717, 1.165) is 10.0 Å². The van der Waals surface area contributed by atoms with Crippen molar-refractivity contribution in [1.82, 2.24) is 4.98 Å². The lowest BCUT2D eigenvalue weighted by Crippen LogP contribution is -1.98. The number of aromatic nitrogens is 1.